The van der Waals surface area contributed by atoms with Gasteiger partial charge in [-0.05, 0) is 26.3 Å². The van der Waals surface area contributed by atoms with Gasteiger partial charge in [0.2, 0.25) is 5.91 Å². The van der Waals surface area contributed by atoms with Gasteiger partial charge in [0.1, 0.15) is 6.61 Å². The van der Waals surface area contributed by atoms with E-state index in [1.54, 1.807) is 0 Å². The smallest absolute Gasteiger partial charge is 0.246 e. The molecule has 0 saturated carbocycles. The fourth-order valence-electron chi connectivity index (χ4n) is 2.04. The number of nitrogens with one attached hydrogen (secondary N) is 2. The molecule has 0 bridgehead atoms. The Bertz CT molecular complexity index is 282. The van der Waals surface area contributed by atoms with Crippen LogP contribution in [0.3, 0.4) is 0 Å². The molecule has 1 unspecified atom stereocenters. The molecule has 1 rings (SSSR count). The lowest BCUT2D eigenvalue weighted by atomic mass is 10.0. The lowest BCUT2D eigenvalue weighted by Crippen LogP contribution is -2.32. The summed E-state index contributed by atoms with van der Waals surface area (Å²) in [5.41, 5.74) is 0. The third kappa shape index (κ3) is 9.07. The highest BCUT2D eigenvalue weighted by atomic mass is 16.5. The van der Waals surface area contributed by atoms with Crippen LogP contribution in [0, 0.1) is 0 Å². The zero-order valence-electron chi connectivity index (χ0n) is 12.5. The van der Waals surface area contributed by atoms with E-state index >= 15 is 0 Å². The van der Waals surface area contributed by atoms with Gasteiger partial charge in [-0.1, -0.05) is 25.0 Å². The molecule has 116 valence electrons. The maximum atomic E-state index is 11.6. The van der Waals surface area contributed by atoms with Crippen LogP contribution in [0.25, 0.3) is 0 Å². The second-order valence-corrected chi connectivity index (χ2v) is 4.98. The Morgan fingerprint density at radius 3 is 2.95 bits per heavy atom. The molecule has 2 N–H and O–H groups in total. The Kier molecular flexibility index (Phi) is 10.2. The summed E-state index contributed by atoms with van der Waals surface area (Å²) in [4.78, 5) is 11.6. The summed E-state index contributed by atoms with van der Waals surface area (Å²) < 4.78 is 10.9. The van der Waals surface area contributed by atoms with E-state index in [1.165, 1.54) is 19.3 Å². The topological polar surface area (TPSA) is 59.6 Å². The van der Waals surface area contributed by atoms with E-state index in [9.17, 15) is 4.79 Å². The average Bonchev–Trinajstić information content (AvgIpc) is 2.41. The second-order valence-electron chi connectivity index (χ2n) is 4.98. The van der Waals surface area contributed by atoms with Gasteiger partial charge in [0.15, 0.2) is 0 Å². The van der Waals surface area contributed by atoms with Crippen molar-refractivity contribution in [3.05, 3.63) is 12.2 Å². The molecule has 0 radical (unpaired) electrons. The first-order valence-electron chi connectivity index (χ1n) is 7.60. The SMILES string of the molecule is CNCCOCCNC(=O)COC1/C=C\CCCCC1. The summed E-state index contributed by atoms with van der Waals surface area (Å²) >= 11 is 0. The molecule has 0 saturated heterocycles. The molecule has 0 aliphatic heterocycles. The van der Waals surface area contributed by atoms with E-state index < -0.39 is 0 Å². The van der Waals surface area contributed by atoms with Gasteiger partial charge in [0.25, 0.3) is 0 Å². The van der Waals surface area contributed by atoms with Crippen LogP contribution in [0.1, 0.15) is 32.1 Å². The predicted octanol–water partition coefficient (Wildman–Crippen LogP) is 1.24. The molecule has 5 nitrogen and oxygen atoms in total. The van der Waals surface area contributed by atoms with Crippen molar-refractivity contribution in [2.75, 3.05) is 40.0 Å². The first kappa shape index (κ1) is 17.1. The average molecular weight is 284 g/mol. The van der Waals surface area contributed by atoms with Gasteiger partial charge in [-0.3, -0.25) is 4.79 Å². The Morgan fingerprint density at radius 2 is 2.10 bits per heavy atom. The summed E-state index contributed by atoms with van der Waals surface area (Å²) in [6.07, 6.45) is 10.2. The molecule has 5 heteroatoms. The van der Waals surface area contributed by atoms with E-state index in [1.807, 2.05) is 7.05 Å². The molecule has 0 aromatic heterocycles. The fourth-order valence-corrected chi connectivity index (χ4v) is 2.04. The van der Waals surface area contributed by atoms with E-state index in [0.717, 1.165) is 19.4 Å². The largest absolute Gasteiger partial charge is 0.378 e. The molecule has 1 aliphatic rings. The van der Waals surface area contributed by atoms with Crippen molar-refractivity contribution in [1.82, 2.24) is 10.6 Å². The van der Waals surface area contributed by atoms with E-state index in [-0.39, 0.29) is 18.6 Å². The van der Waals surface area contributed by atoms with Crippen molar-refractivity contribution in [3.8, 4) is 0 Å². The number of hydrogen-bond acceptors (Lipinski definition) is 4. The molecule has 20 heavy (non-hydrogen) atoms. The number of ether oxygens (including phenoxy) is 2. The number of allylic oxidation sites excluding steroid dienone is 1. The molecule has 1 amide bonds. The minimum atomic E-state index is -0.0716. The van der Waals surface area contributed by atoms with E-state index in [0.29, 0.717) is 19.8 Å². The number of amides is 1. The first-order chi connectivity index (χ1) is 9.83. The lowest BCUT2D eigenvalue weighted by molar-refractivity contribution is -0.127. The van der Waals surface area contributed by atoms with Crippen LogP contribution < -0.4 is 10.6 Å². The summed E-state index contributed by atoms with van der Waals surface area (Å²) in [7, 11) is 1.88. The quantitative estimate of drug-likeness (QED) is 0.494. The lowest BCUT2D eigenvalue weighted by Gasteiger charge is -2.16. The third-order valence-corrected chi connectivity index (χ3v) is 3.20. The molecular formula is C15H28N2O3. The summed E-state index contributed by atoms with van der Waals surface area (Å²) in [5, 5.41) is 5.79. The monoisotopic (exact) mass is 284 g/mol. The van der Waals surface area contributed by atoms with Crippen LogP contribution in [0.2, 0.25) is 0 Å². The molecule has 0 heterocycles. The molecule has 0 fully saturated rings. The van der Waals surface area contributed by atoms with Crippen LogP contribution in [0.5, 0.6) is 0 Å². The Labute approximate surface area is 122 Å². The van der Waals surface area contributed by atoms with Crippen molar-refractivity contribution < 1.29 is 14.3 Å². The molecule has 1 atom stereocenters. The van der Waals surface area contributed by atoms with Gasteiger partial charge in [0, 0.05) is 13.1 Å². The van der Waals surface area contributed by atoms with Gasteiger partial charge >= 0.3 is 0 Å². The molecule has 0 aromatic rings. The minimum Gasteiger partial charge on any atom is -0.378 e. The van der Waals surface area contributed by atoms with E-state index in [4.69, 9.17) is 9.47 Å². The molecular weight excluding hydrogens is 256 g/mol. The Hall–Kier alpha value is -0.910. The highest BCUT2D eigenvalue weighted by molar-refractivity contribution is 5.77. The summed E-state index contributed by atoms with van der Waals surface area (Å²) in [6, 6.07) is 0. The van der Waals surface area contributed by atoms with Gasteiger partial charge in [-0.15, -0.1) is 0 Å². The zero-order chi connectivity index (χ0) is 14.5. The van der Waals surface area contributed by atoms with Crippen LogP contribution in [0.15, 0.2) is 12.2 Å². The van der Waals surface area contributed by atoms with E-state index in [2.05, 4.69) is 22.8 Å². The van der Waals surface area contributed by atoms with Crippen LogP contribution in [-0.2, 0) is 14.3 Å². The molecule has 1 aliphatic carbocycles. The van der Waals surface area contributed by atoms with Gasteiger partial charge < -0.3 is 20.1 Å². The number of carbonyl (C=O) groups excluding carboxylic acids is 1. The van der Waals surface area contributed by atoms with Crippen molar-refractivity contribution >= 4 is 5.91 Å². The molecule has 0 spiro atoms. The fraction of sp³-hybridized carbons (Fsp3) is 0.800. The summed E-state index contributed by atoms with van der Waals surface area (Å²) in [6.45, 7) is 2.69. The zero-order valence-corrected chi connectivity index (χ0v) is 12.5. The number of carbonyl (C=O) groups is 1. The predicted molar refractivity (Wildman–Crippen MR) is 79.7 cm³/mol. The number of likely N-dealkylation sites (N-methyl/N-ethyl adjacent to an activating group) is 1. The van der Waals surface area contributed by atoms with Crippen LogP contribution in [-0.4, -0.2) is 52.0 Å². The van der Waals surface area contributed by atoms with Crippen molar-refractivity contribution in [2.45, 2.75) is 38.2 Å². The molecule has 0 aromatic carbocycles. The maximum Gasteiger partial charge on any atom is 0.246 e. The Morgan fingerprint density at radius 1 is 1.25 bits per heavy atom. The Balaban J connectivity index is 2.02. The van der Waals surface area contributed by atoms with Crippen molar-refractivity contribution in [2.24, 2.45) is 0 Å². The summed E-state index contributed by atoms with van der Waals surface area (Å²) in [5.74, 6) is -0.0716. The highest BCUT2D eigenvalue weighted by Gasteiger charge is 2.09. The number of rotatable bonds is 9. The third-order valence-electron chi connectivity index (χ3n) is 3.20. The minimum absolute atomic E-state index is 0.0716. The van der Waals surface area contributed by atoms with Gasteiger partial charge in [-0.2, -0.15) is 0 Å². The van der Waals surface area contributed by atoms with Crippen molar-refractivity contribution in [1.29, 1.82) is 0 Å². The van der Waals surface area contributed by atoms with Crippen molar-refractivity contribution in [3.63, 3.8) is 0 Å². The van der Waals surface area contributed by atoms with Gasteiger partial charge in [-0.25, -0.2) is 0 Å². The van der Waals surface area contributed by atoms with Crippen LogP contribution in [0.4, 0.5) is 0 Å². The number of hydrogen-bond donors (Lipinski definition) is 2. The van der Waals surface area contributed by atoms with Gasteiger partial charge in [0.05, 0.1) is 19.3 Å². The highest BCUT2D eigenvalue weighted by Crippen LogP contribution is 2.13. The first-order valence-corrected chi connectivity index (χ1v) is 7.60. The van der Waals surface area contributed by atoms with Crippen LogP contribution >= 0.6 is 0 Å². The normalized spacial score (nSPS) is 20.9. The standard InChI is InChI=1S/C15H28N2O3/c1-16-9-11-19-12-10-17-15(18)13-20-14-7-5-3-2-4-6-8-14/h5,7,14,16H,2-4,6,8-13H2,1H3,(H,17,18)/b7-5-. The second kappa shape index (κ2) is 11.9. The maximum absolute atomic E-state index is 11.6.